The lowest BCUT2D eigenvalue weighted by molar-refractivity contribution is -0.389. The second kappa shape index (κ2) is 6.82. The van der Waals surface area contributed by atoms with E-state index in [-0.39, 0.29) is 17.8 Å². The molecule has 0 spiro atoms. The number of nitro groups is 1. The van der Waals surface area contributed by atoms with E-state index in [1.807, 2.05) is 11.8 Å². The van der Waals surface area contributed by atoms with Gasteiger partial charge in [-0.05, 0) is 35.2 Å². The van der Waals surface area contributed by atoms with Crippen LogP contribution in [0.2, 0.25) is 0 Å². The average Bonchev–Trinajstić information content (AvgIpc) is 3.23. The van der Waals surface area contributed by atoms with Gasteiger partial charge in [0.15, 0.2) is 0 Å². The van der Waals surface area contributed by atoms with Crippen LogP contribution in [0.5, 0.6) is 0 Å². The number of carbonyl (C=O) groups is 1. The number of likely N-dealkylation sites (tertiary alicyclic amines) is 1. The van der Waals surface area contributed by atoms with Gasteiger partial charge in [0, 0.05) is 19.5 Å². The Labute approximate surface area is 140 Å². The van der Waals surface area contributed by atoms with E-state index in [4.69, 9.17) is 0 Å². The highest BCUT2D eigenvalue weighted by Gasteiger charge is 2.29. The molecule has 2 aromatic rings. The fraction of sp³-hybridized carbons (Fsp3) is 0.412. The van der Waals surface area contributed by atoms with E-state index in [0.29, 0.717) is 13.0 Å². The van der Waals surface area contributed by atoms with Crippen molar-refractivity contribution in [2.24, 2.45) is 0 Å². The summed E-state index contributed by atoms with van der Waals surface area (Å²) in [6.07, 6.45) is 5.05. The minimum atomic E-state index is -0.536. The predicted octanol–water partition coefficient (Wildman–Crippen LogP) is 2.85. The summed E-state index contributed by atoms with van der Waals surface area (Å²) in [5.41, 5.74) is 2.38. The van der Waals surface area contributed by atoms with Crippen LogP contribution in [0.3, 0.4) is 0 Å². The van der Waals surface area contributed by atoms with E-state index in [1.165, 1.54) is 23.7 Å². The summed E-state index contributed by atoms with van der Waals surface area (Å²) in [6.45, 7) is 3.21. The summed E-state index contributed by atoms with van der Waals surface area (Å²) in [4.78, 5) is 28.3. The molecule has 2 heterocycles. The monoisotopic (exact) mass is 328 g/mol. The summed E-state index contributed by atoms with van der Waals surface area (Å²) in [5.74, 6) is -0.115. The van der Waals surface area contributed by atoms with E-state index in [0.717, 1.165) is 19.4 Å². The fourth-order valence-corrected chi connectivity index (χ4v) is 3.13. The van der Waals surface area contributed by atoms with Crippen LogP contribution in [0.25, 0.3) is 0 Å². The van der Waals surface area contributed by atoms with Gasteiger partial charge in [0.2, 0.25) is 12.2 Å². The van der Waals surface area contributed by atoms with Gasteiger partial charge in [0.1, 0.15) is 6.20 Å². The molecule has 1 aliphatic heterocycles. The normalized spacial score (nSPS) is 17.2. The molecule has 0 N–H and O–H groups in total. The van der Waals surface area contributed by atoms with Gasteiger partial charge in [-0.3, -0.25) is 4.79 Å². The molecule has 7 nitrogen and oxygen atoms in total. The zero-order chi connectivity index (χ0) is 17.1. The molecule has 1 aromatic carbocycles. The minimum absolute atomic E-state index is 0.0782. The smallest absolute Gasteiger partial charge is 0.358 e. The highest BCUT2D eigenvalue weighted by atomic mass is 16.6. The highest BCUT2D eigenvalue weighted by molar-refractivity contribution is 5.77. The van der Waals surface area contributed by atoms with Gasteiger partial charge in [-0.15, -0.1) is 0 Å². The Morgan fingerprint density at radius 1 is 1.38 bits per heavy atom. The summed E-state index contributed by atoms with van der Waals surface area (Å²) in [7, 11) is 0. The maximum Gasteiger partial charge on any atom is 0.381 e. The zero-order valence-corrected chi connectivity index (χ0v) is 13.6. The highest BCUT2D eigenvalue weighted by Crippen LogP contribution is 2.32. The van der Waals surface area contributed by atoms with Gasteiger partial charge in [0.25, 0.3) is 0 Å². The molecule has 1 atom stereocenters. The average molecular weight is 328 g/mol. The molecular weight excluding hydrogens is 308 g/mol. The van der Waals surface area contributed by atoms with Crippen LogP contribution < -0.4 is 0 Å². The van der Waals surface area contributed by atoms with E-state index in [1.54, 1.807) is 4.57 Å². The molecular formula is C17H20N4O3. The SMILES string of the molecule is Cc1ccc([C@@H]2CCCN2C(=O)CCn2cnc([N+](=O)[O-])c2)cc1. The number of amides is 1. The van der Waals surface area contributed by atoms with Gasteiger partial charge >= 0.3 is 5.82 Å². The van der Waals surface area contributed by atoms with Crippen molar-refractivity contribution in [2.45, 2.75) is 38.8 Å². The Morgan fingerprint density at radius 3 is 2.79 bits per heavy atom. The van der Waals surface area contributed by atoms with E-state index >= 15 is 0 Å². The zero-order valence-electron chi connectivity index (χ0n) is 13.6. The van der Waals surface area contributed by atoms with Gasteiger partial charge in [-0.1, -0.05) is 29.8 Å². The lowest BCUT2D eigenvalue weighted by atomic mass is 10.0. The number of imidazole rings is 1. The number of aromatic nitrogens is 2. The first-order valence-corrected chi connectivity index (χ1v) is 8.07. The minimum Gasteiger partial charge on any atom is -0.358 e. The first-order valence-electron chi connectivity index (χ1n) is 8.07. The summed E-state index contributed by atoms with van der Waals surface area (Å²) in [5, 5.41) is 10.6. The third-order valence-corrected chi connectivity index (χ3v) is 4.43. The number of nitrogens with zero attached hydrogens (tertiary/aromatic N) is 4. The second-order valence-corrected chi connectivity index (χ2v) is 6.13. The Hall–Kier alpha value is -2.70. The second-order valence-electron chi connectivity index (χ2n) is 6.13. The molecule has 7 heteroatoms. The number of carbonyl (C=O) groups excluding carboxylic acids is 1. The molecule has 0 saturated carbocycles. The van der Waals surface area contributed by atoms with Crippen molar-refractivity contribution in [1.29, 1.82) is 0 Å². The molecule has 1 aromatic heterocycles. The van der Waals surface area contributed by atoms with E-state index in [2.05, 4.69) is 29.2 Å². The standard InChI is InChI=1S/C17H20N4O3/c1-13-4-6-14(7-5-13)15-3-2-9-20(15)17(22)8-10-19-11-16(18-12-19)21(23)24/h4-7,11-12,15H,2-3,8-10H2,1H3/t15-/m0/s1. The Morgan fingerprint density at radius 2 is 2.12 bits per heavy atom. The van der Waals surface area contributed by atoms with Crippen molar-refractivity contribution in [3.63, 3.8) is 0 Å². The molecule has 3 rings (SSSR count). The number of hydrogen-bond acceptors (Lipinski definition) is 4. The number of benzene rings is 1. The van der Waals surface area contributed by atoms with Gasteiger partial charge in [0.05, 0.1) is 6.04 Å². The van der Waals surface area contributed by atoms with Crippen LogP contribution in [0, 0.1) is 17.0 Å². The van der Waals surface area contributed by atoms with Crippen molar-refractivity contribution in [3.05, 3.63) is 58.0 Å². The van der Waals surface area contributed by atoms with Crippen LogP contribution in [0.1, 0.15) is 36.4 Å². The van der Waals surface area contributed by atoms with Gasteiger partial charge in [-0.2, -0.15) is 0 Å². The Kier molecular flexibility index (Phi) is 4.59. The van der Waals surface area contributed by atoms with Crippen LogP contribution in [-0.4, -0.2) is 31.8 Å². The topological polar surface area (TPSA) is 81.3 Å². The van der Waals surface area contributed by atoms with E-state index in [9.17, 15) is 14.9 Å². The van der Waals surface area contributed by atoms with Crippen LogP contribution in [0.15, 0.2) is 36.8 Å². The first kappa shape index (κ1) is 16.2. The number of aryl methyl sites for hydroxylation is 2. The Bertz CT molecular complexity index is 739. The van der Waals surface area contributed by atoms with Crippen LogP contribution in [0.4, 0.5) is 5.82 Å². The first-order chi connectivity index (χ1) is 11.5. The molecule has 1 amide bonds. The quantitative estimate of drug-likeness (QED) is 0.624. The fourth-order valence-electron chi connectivity index (χ4n) is 3.13. The van der Waals surface area contributed by atoms with Gasteiger partial charge < -0.3 is 19.6 Å². The maximum atomic E-state index is 12.6. The molecule has 0 bridgehead atoms. The summed E-state index contributed by atoms with van der Waals surface area (Å²) >= 11 is 0. The largest absolute Gasteiger partial charge is 0.381 e. The molecule has 1 saturated heterocycles. The molecule has 0 radical (unpaired) electrons. The molecule has 0 unspecified atom stereocenters. The molecule has 0 aliphatic carbocycles. The predicted molar refractivity (Wildman–Crippen MR) is 88.4 cm³/mol. The van der Waals surface area contributed by atoms with Crippen molar-refractivity contribution in [1.82, 2.24) is 14.5 Å². The van der Waals surface area contributed by atoms with Crippen LogP contribution >= 0.6 is 0 Å². The van der Waals surface area contributed by atoms with E-state index < -0.39 is 4.92 Å². The number of rotatable bonds is 5. The van der Waals surface area contributed by atoms with Crippen molar-refractivity contribution < 1.29 is 9.72 Å². The molecule has 126 valence electrons. The maximum absolute atomic E-state index is 12.6. The third kappa shape index (κ3) is 3.45. The van der Waals surface area contributed by atoms with Crippen molar-refractivity contribution in [3.8, 4) is 0 Å². The van der Waals surface area contributed by atoms with Crippen LogP contribution in [-0.2, 0) is 11.3 Å². The molecule has 1 fully saturated rings. The molecule has 24 heavy (non-hydrogen) atoms. The number of hydrogen-bond donors (Lipinski definition) is 0. The molecule has 1 aliphatic rings. The third-order valence-electron chi connectivity index (χ3n) is 4.43. The Balaban J connectivity index is 1.62. The van der Waals surface area contributed by atoms with Crippen molar-refractivity contribution >= 4 is 11.7 Å². The van der Waals surface area contributed by atoms with Crippen molar-refractivity contribution in [2.75, 3.05) is 6.54 Å². The lowest BCUT2D eigenvalue weighted by Crippen LogP contribution is -2.31. The lowest BCUT2D eigenvalue weighted by Gasteiger charge is -2.25. The van der Waals surface area contributed by atoms with Gasteiger partial charge in [-0.25, -0.2) is 0 Å². The summed E-state index contributed by atoms with van der Waals surface area (Å²) < 4.78 is 1.59. The summed E-state index contributed by atoms with van der Waals surface area (Å²) in [6, 6.07) is 8.45.